The van der Waals surface area contributed by atoms with Crippen molar-refractivity contribution in [2.45, 2.75) is 0 Å². The summed E-state index contributed by atoms with van der Waals surface area (Å²) in [4.78, 5) is 16.9. The highest BCUT2D eigenvalue weighted by Crippen LogP contribution is 2.26. The molecular formula is C21H13N3O2. The fourth-order valence-corrected chi connectivity index (χ4v) is 2.75. The molecule has 0 bridgehead atoms. The van der Waals surface area contributed by atoms with Gasteiger partial charge in [-0.05, 0) is 42.5 Å². The van der Waals surface area contributed by atoms with Gasteiger partial charge in [0, 0.05) is 23.5 Å². The van der Waals surface area contributed by atoms with Gasteiger partial charge in [-0.1, -0.05) is 18.2 Å². The number of furan rings is 1. The van der Waals surface area contributed by atoms with E-state index >= 15 is 0 Å². The first kappa shape index (κ1) is 15.6. The molecule has 0 saturated carbocycles. The van der Waals surface area contributed by atoms with Crippen LogP contribution in [-0.2, 0) is 0 Å². The second-order valence-electron chi connectivity index (χ2n) is 5.64. The molecule has 1 aromatic carbocycles. The highest BCUT2D eigenvalue weighted by molar-refractivity contribution is 5.69. The molecule has 124 valence electrons. The second-order valence-corrected chi connectivity index (χ2v) is 5.64. The molecule has 0 radical (unpaired) electrons. The van der Waals surface area contributed by atoms with Crippen LogP contribution in [0.25, 0.3) is 28.4 Å². The first-order valence-corrected chi connectivity index (χ1v) is 8.00. The zero-order valence-corrected chi connectivity index (χ0v) is 13.7. The van der Waals surface area contributed by atoms with E-state index in [-0.39, 0.29) is 5.56 Å². The second kappa shape index (κ2) is 6.54. The highest BCUT2D eigenvalue weighted by Gasteiger charge is 2.12. The first-order chi connectivity index (χ1) is 12.8. The molecule has 0 unspecified atom stereocenters. The van der Waals surface area contributed by atoms with Gasteiger partial charge in [0.25, 0.3) is 5.56 Å². The van der Waals surface area contributed by atoms with Crippen molar-refractivity contribution in [1.82, 2.24) is 9.55 Å². The van der Waals surface area contributed by atoms with Gasteiger partial charge in [-0.2, -0.15) is 5.26 Å². The minimum Gasteiger partial charge on any atom is -0.463 e. The number of hydrogen-bond donors (Lipinski definition) is 0. The molecule has 0 aliphatic heterocycles. The number of nitrogens with zero attached hydrogens (tertiary/aromatic N) is 3. The summed E-state index contributed by atoms with van der Waals surface area (Å²) in [7, 11) is 0. The normalized spacial score (nSPS) is 10.4. The summed E-state index contributed by atoms with van der Waals surface area (Å²) in [6, 6.07) is 21.7. The van der Waals surface area contributed by atoms with E-state index in [0.29, 0.717) is 28.3 Å². The van der Waals surface area contributed by atoms with Crippen LogP contribution in [0.1, 0.15) is 5.56 Å². The third-order valence-corrected chi connectivity index (χ3v) is 4.01. The maximum atomic E-state index is 12.3. The minimum atomic E-state index is -0.152. The van der Waals surface area contributed by atoms with Crippen molar-refractivity contribution in [2.75, 3.05) is 0 Å². The topological polar surface area (TPSA) is 71.8 Å². The Kier molecular flexibility index (Phi) is 3.92. The molecule has 0 fully saturated rings. The van der Waals surface area contributed by atoms with E-state index in [0.717, 1.165) is 5.69 Å². The predicted molar refractivity (Wildman–Crippen MR) is 97.7 cm³/mol. The van der Waals surface area contributed by atoms with Gasteiger partial charge in [0.1, 0.15) is 11.8 Å². The monoisotopic (exact) mass is 339 g/mol. The predicted octanol–water partition coefficient (Wildman–Crippen LogP) is 4.03. The van der Waals surface area contributed by atoms with Gasteiger partial charge in [-0.3, -0.25) is 9.36 Å². The minimum absolute atomic E-state index is 0.152. The Morgan fingerprint density at radius 1 is 0.962 bits per heavy atom. The zero-order valence-electron chi connectivity index (χ0n) is 13.7. The maximum Gasteiger partial charge on any atom is 0.255 e. The van der Waals surface area contributed by atoms with Gasteiger partial charge >= 0.3 is 0 Å². The summed E-state index contributed by atoms with van der Waals surface area (Å²) in [5.74, 6) is 0.618. The molecule has 5 nitrogen and oxygen atoms in total. The van der Waals surface area contributed by atoms with E-state index in [9.17, 15) is 10.1 Å². The Balaban J connectivity index is 1.89. The van der Waals surface area contributed by atoms with Crippen molar-refractivity contribution in [3.05, 3.63) is 95.1 Å². The van der Waals surface area contributed by atoms with Crippen molar-refractivity contribution in [2.24, 2.45) is 0 Å². The Hall–Kier alpha value is -3.91. The van der Waals surface area contributed by atoms with Crippen molar-refractivity contribution < 1.29 is 4.42 Å². The summed E-state index contributed by atoms with van der Waals surface area (Å²) in [5, 5.41) is 9.46. The van der Waals surface area contributed by atoms with Crippen LogP contribution in [0, 0.1) is 11.3 Å². The van der Waals surface area contributed by atoms with Gasteiger partial charge in [0.05, 0.1) is 17.5 Å². The number of nitriles is 1. The lowest BCUT2D eigenvalue weighted by Gasteiger charge is -2.10. The third-order valence-electron chi connectivity index (χ3n) is 4.01. The standard InChI is InChI=1S/C21H13N3O2/c22-13-15-8-10-18(19-7-4-12-26-19)23-21(15)16-9-11-20(25)24(14-16)17-5-2-1-3-6-17/h1-12,14H. The van der Waals surface area contributed by atoms with Crippen LogP contribution in [0.5, 0.6) is 0 Å². The number of aromatic nitrogens is 2. The highest BCUT2D eigenvalue weighted by atomic mass is 16.3. The van der Waals surface area contributed by atoms with Crippen LogP contribution < -0.4 is 5.56 Å². The Morgan fingerprint density at radius 3 is 2.54 bits per heavy atom. The van der Waals surface area contributed by atoms with Gasteiger partial charge in [0.15, 0.2) is 5.76 Å². The van der Waals surface area contributed by atoms with Gasteiger partial charge in [-0.25, -0.2) is 4.98 Å². The van der Waals surface area contributed by atoms with Crippen LogP contribution in [-0.4, -0.2) is 9.55 Å². The summed E-state index contributed by atoms with van der Waals surface area (Å²) >= 11 is 0. The quantitative estimate of drug-likeness (QED) is 0.565. The molecule has 0 N–H and O–H groups in total. The summed E-state index contributed by atoms with van der Waals surface area (Å²) < 4.78 is 6.93. The number of para-hydroxylation sites is 1. The van der Waals surface area contributed by atoms with Crippen molar-refractivity contribution in [1.29, 1.82) is 5.26 Å². The van der Waals surface area contributed by atoms with Gasteiger partial charge in [-0.15, -0.1) is 0 Å². The number of hydrogen-bond acceptors (Lipinski definition) is 4. The first-order valence-electron chi connectivity index (χ1n) is 8.00. The number of pyridine rings is 2. The number of benzene rings is 1. The average molecular weight is 339 g/mol. The molecule has 0 aliphatic carbocycles. The average Bonchev–Trinajstić information content (AvgIpc) is 3.23. The smallest absolute Gasteiger partial charge is 0.255 e. The summed E-state index contributed by atoms with van der Waals surface area (Å²) in [6.45, 7) is 0. The van der Waals surface area contributed by atoms with Crippen LogP contribution >= 0.6 is 0 Å². The van der Waals surface area contributed by atoms with Crippen molar-refractivity contribution in [3.8, 4) is 34.5 Å². The molecule has 0 aliphatic rings. The molecule has 5 heteroatoms. The fraction of sp³-hybridized carbons (Fsp3) is 0. The van der Waals surface area contributed by atoms with Crippen molar-refractivity contribution >= 4 is 0 Å². The fourth-order valence-electron chi connectivity index (χ4n) is 2.75. The molecule has 0 atom stereocenters. The number of rotatable bonds is 3. The van der Waals surface area contributed by atoms with Crippen LogP contribution in [0.2, 0.25) is 0 Å². The van der Waals surface area contributed by atoms with E-state index in [1.807, 2.05) is 36.4 Å². The molecular weight excluding hydrogens is 326 g/mol. The molecule has 0 amide bonds. The Labute approximate surface area is 149 Å². The molecule has 0 saturated heterocycles. The molecule has 26 heavy (non-hydrogen) atoms. The van der Waals surface area contributed by atoms with E-state index in [1.54, 1.807) is 36.7 Å². The van der Waals surface area contributed by atoms with Crippen molar-refractivity contribution in [3.63, 3.8) is 0 Å². The maximum absolute atomic E-state index is 12.3. The Bertz CT molecular complexity index is 1150. The summed E-state index contributed by atoms with van der Waals surface area (Å²) in [6.07, 6.45) is 3.28. The van der Waals surface area contributed by atoms with E-state index in [2.05, 4.69) is 11.1 Å². The Morgan fingerprint density at radius 2 is 1.81 bits per heavy atom. The molecule has 3 heterocycles. The largest absolute Gasteiger partial charge is 0.463 e. The van der Waals surface area contributed by atoms with Crippen LogP contribution in [0.4, 0.5) is 0 Å². The molecule has 4 aromatic rings. The lowest BCUT2D eigenvalue weighted by Crippen LogP contribution is -2.16. The lowest BCUT2D eigenvalue weighted by atomic mass is 10.1. The third kappa shape index (κ3) is 2.80. The lowest BCUT2D eigenvalue weighted by molar-refractivity contribution is 0.580. The van der Waals surface area contributed by atoms with Crippen LogP contribution in [0.3, 0.4) is 0 Å². The van der Waals surface area contributed by atoms with E-state index < -0.39 is 0 Å². The van der Waals surface area contributed by atoms with E-state index in [1.165, 1.54) is 10.6 Å². The van der Waals surface area contributed by atoms with E-state index in [4.69, 9.17) is 4.42 Å². The molecule has 0 spiro atoms. The summed E-state index contributed by atoms with van der Waals surface area (Å²) in [5.41, 5.74) is 2.84. The zero-order chi connectivity index (χ0) is 17.9. The molecule has 3 aromatic heterocycles. The van der Waals surface area contributed by atoms with Crippen LogP contribution in [0.15, 0.2) is 88.4 Å². The van der Waals surface area contributed by atoms with Gasteiger partial charge in [0.2, 0.25) is 0 Å². The molecule has 4 rings (SSSR count). The van der Waals surface area contributed by atoms with Gasteiger partial charge < -0.3 is 4.42 Å². The SMILES string of the molecule is N#Cc1ccc(-c2ccco2)nc1-c1ccc(=O)n(-c2ccccc2)c1.